The van der Waals surface area contributed by atoms with Crippen molar-refractivity contribution < 1.29 is 20.4 Å². The summed E-state index contributed by atoms with van der Waals surface area (Å²) in [6, 6.07) is 17.4. The molecule has 4 nitrogen and oxygen atoms in total. The van der Waals surface area contributed by atoms with Crippen LogP contribution in [0.25, 0.3) is 0 Å². The first kappa shape index (κ1) is 28.9. The van der Waals surface area contributed by atoms with Gasteiger partial charge in [-0.15, -0.1) is 13.2 Å². The van der Waals surface area contributed by atoms with Gasteiger partial charge in [0.05, 0.1) is 0 Å². The minimum absolute atomic E-state index is 0.251. The third kappa shape index (κ3) is 6.54. The number of hydrogen-bond donors (Lipinski definition) is 4. The largest absolute Gasteiger partial charge is 0.508 e. The Morgan fingerprint density at radius 2 is 1.02 bits per heavy atom. The molecule has 0 bridgehead atoms. The lowest BCUT2D eigenvalue weighted by Gasteiger charge is -2.16. The fourth-order valence-electron chi connectivity index (χ4n) is 5.02. The van der Waals surface area contributed by atoms with Gasteiger partial charge in [-0.2, -0.15) is 0 Å². The van der Waals surface area contributed by atoms with E-state index < -0.39 is 0 Å². The van der Waals surface area contributed by atoms with Crippen molar-refractivity contribution >= 4 is 11.8 Å². The Hall–Kier alpha value is -4.09. The van der Waals surface area contributed by atoms with E-state index in [1.165, 1.54) is 0 Å². The molecule has 4 aromatic carbocycles. The highest BCUT2D eigenvalue weighted by Gasteiger charge is 2.15. The van der Waals surface area contributed by atoms with E-state index in [0.717, 1.165) is 59.9 Å². The molecule has 0 aliphatic rings. The van der Waals surface area contributed by atoms with E-state index in [2.05, 4.69) is 13.2 Å². The Balaban J connectivity index is 1.73. The molecule has 4 rings (SSSR count). The topological polar surface area (TPSA) is 80.9 Å². The van der Waals surface area contributed by atoms with E-state index in [4.69, 9.17) is 0 Å². The molecule has 0 atom stereocenters. The van der Waals surface area contributed by atoms with Gasteiger partial charge >= 0.3 is 0 Å². The number of benzene rings is 4. The number of rotatable bonds is 10. The predicted octanol–water partition coefficient (Wildman–Crippen LogP) is 8.22. The molecule has 0 saturated carbocycles. The standard InChI is InChI=1S/C35H36O4S/c1-6-8-26-17-30(19-28(34(26)38)15-24-10-11-32(36)21(3)12-24)40-31-18-27(9-7-2)35(39)29(20-31)16-25-13-22(4)33(37)23(5)14-25/h6-7,10-14,17-20,36-39H,1-2,8-9,15-16H2,3-5H3. The van der Waals surface area contributed by atoms with Crippen LogP contribution in [0.15, 0.2) is 89.7 Å². The van der Waals surface area contributed by atoms with E-state index >= 15 is 0 Å². The summed E-state index contributed by atoms with van der Waals surface area (Å²) in [6.45, 7) is 13.3. The molecule has 4 N–H and O–H groups in total. The lowest BCUT2D eigenvalue weighted by Crippen LogP contribution is -1.97. The minimum atomic E-state index is 0.251. The number of hydrogen-bond acceptors (Lipinski definition) is 5. The van der Waals surface area contributed by atoms with Crippen molar-refractivity contribution in [1.29, 1.82) is 0 Å². The smallest absolute Gasteiger partial charge is 0.122 e. The molecule has 40 heavy (non-hydrogen) atoms. The van der Waals surface area contributed by atoms with Crippen molar-refractivity contribution in [3.63, 3.8) is 0 Å². The lowest BCUT2D eigenvalue weighted by molar-refractivity contribution is 0.462. The molecule has 0 saturated heterocycles. The van der Waals surface area contributed by atoms with Gasteiger partial charge < -0.3 is 20.4 Å². The summed E-state index contributed by atoms with van der Waals surface area (Å²) in [6.07, 6.45) is 5.67. The molecule has 0 heterocycles. The van der Waals surface area contributed by atoms with E-state index in [-0.39, 0.29) is 17.2 Å². The zero-order valence-electron chi connectivity index (χ0n) is 23.3. The average molecular weight is 553 g/mol. The molecule has 0 unspecified atom stereocenters. The number of allylic oxidation sites excluding steroid dienone is 2. The zero-order chi connectivity index (χ0) is 29.0. The Morgan fingerprint density at radius 1 is 0.575 bits per heavy atom. The SMILES string of the molecule is C=CCc1cc(Sc2cc(CC=C)c(O)c(Cc3cc(C)c(O)c(C)c3)c2)cc(Cc2ccc(O)c(C)c2)c1O. The molecule has 0 spiro atoms. The highest BCUT2D eigenvalue weighted by atomic mass is 32.2. The number of phenolic OH excluding ortho intramolecular Hbond substituents is 4. The number of phenols is 4. The van der Waals surface area contributed by atoms with Crippen molar-refractivity contribution in [2.24, 2.45) is 0 Å². The zero-order valence-corrected chi connectivity index (χ0v) is 24.1. The molecule has 5 heteroatoms. The molecule has 0 aliphatic heterocycles. The summed E-state index contributed by atoms with van der Waals surface area (Å²) in [5.41, 5.74) is 7.61. The highest BCUT2D eigenvalue weighted by molar-refractivity contribution is 7.99. The van der Waals surface area contributed by atoms with Gasteiger partial charge in [-0.25, -0.2) is 0 Å². The quantitative estimate of drug-likeness (QED) is 0.149. The monoisotopic (exact) mass is 552 g/mol. The van der Waals surface area contributed by atoms with Gasteiger partial charge in [-0.3, -0.25) is 0 Å². The second kappa shape index (κ2) is 12.4. The van der Waals surface area contributed by atoms with E-state index in [9.17, 15) is 20.4 Å². The number of aryl methyl sites for hydroxylation is 3. The van der Waals surface area contributed by atoms with Gasteiger partial charge in [0.15, 0.2) is 0 Å². The first-order chi connectivity index (χ1) is 19.1. The maximum atomic E-state index is 11.1. The van der Waals surface area contributed by atoms with Crippen LogP contribution in [0.3, 0.4) is 0 Å². The van der Waals surface area contributed by atoms with E-state index in [1.54, 1.807) is 30.0 Å². The van der Waals surface area contributed by atoms with Gasteiger partial charge in [0.1, 0.15) is 23.0 Å². The third-order valence-corrected chi connectivity index (χ3v) is 7.99. The maximum Gasteiger partial charge on any atom is 0.122 e. The Labute approximate surface area is 241 Å². The summed E-state index contributed by atoms with van der Waals surface area (Å²) in [5, 5.41) is 42.3. The fraction of sp³-hybridized carbons (Fsp3) is 0.200. The first-order valence-electron chi connectivity index (χ1n) is 13.3. The minimum Gasteiger partial charge on any atom is -0.508 e. The third-order valence-electron chi connectivity index (χ3n) is 7.05. The van der Waals surface area contributed by atoms with Crippen molar-refractivity contribution in [1.82, 2.24) is 0 Å². The second-order valence-corrected chi connectivity index (χ2v) is 11.5. The van der Waals surface area contributed by atoms with E-state index in [1.807, 2.05) is 69.3 Å². The van der Waals surface area contributed by atoms with Crippen LogP contribution in [0.4, 0.5) is 0 Å². The molecular weight excluding hydrogens is 516 g/mol. The number of aromatic hydroxyl groups is 4. The van der Waals surface area contributed by atoms with Gasteiger partial charge in [-0.05, 0) is 114 Å². The summed E-state index contributed by atoms with van der Waals surface area (Å²) < 4.78 is 0. The van der Waals surface area contributed by atoms with Crippen LogP contribution in [0, 0.1) is 20.8 Å². The highest BCUT2D eigenvalue weighted by Crippen LogP contribution is 2.39. The molecular formula is C35H36O4S. The molecule has 4 aromatic rings. The molecule has 0 aliphatic carbocycles. The van der Waals surface area contributed by atoms with Crippen LogP contribution in [-0.4, -0.2) is 20.4 Å². The van der Waals surface area contributed by atoms with Crippen LogP contribution in [0.1, 0.15) is 50.1 Å². The summed E-state index contributed by atoms with van der Waals surface area (Å²) >= 11 is 1.58. The predicted molar refractivity (Wildman–Crippen MR) is 164 cm³/mol. The lowest BCUT2D eigenvalue weighted by atomic mass is 9.97. The Morgan fingerprint density at radius 3 is 1.50 bits per heavy atom. The van der Waals surface area contributed by atoms with Crippen molar-refractivity contribution in [3.05, 3.63) is 130 Å². The molecule has 0 aromatic heterocycles. The van der Waals surface area contributed by atoms with Gasteiger partial charge in [0.2, 0.25) is 0 Å². The second-order valence-electron chi connectivity index (χ2n) is 10.3. The van der Waals surface area contributed by atoms with Crippen molar-refractivity contribution in [2.75, 3.05) is 0 Å². The van der Waals surface area contributed by atoms with Crippen molar-refractivity contribution in [3.8, 4) is 23.0 Å². The van der Waals surface area contributed by atoms with Crippen molar-refractivity contribution in [2.45, 2.75) is 56.2 Å². The Bertz CT molecular complexity index is 1560. The fourth-order valence-corrected chi connectivity index (χ4v) is 6.09. The molecule has 0 fully saturated rings. The van der Waals surface area contributed by atoms with Crippen LogP contribution >= 0.6 is 11.8 Å². The van der Waals surface area contributed by atoms with Crippen LogP contribution in [0.5, 0.6) is 23.0 Å². The van der Waals surface area contributed by atoms with Crippen LogP contribution < -0.4 is 0 Å². The summed E-state index contributed by atoms with van der Waals surface area (Å²) in [5.74, 6) is 1.06. The normalized spacial score (nSPS) is 11.0. The summed E-state index contributed by atoms with van der Waals surface area (Å²) in [4.78, 5) is 1.94. The van der Waals surface area contributed by atoms with Gasteiger partial charge in [0, 0.05) is 22.6 Å². The summed E-state index contributed by atoms with van der Waals surface area (Å²) in [7, 11) is 0. The van der Waals surface area contributed by atoms with Gasteiger partial charge in [-0.1, -0.05) is 48.2 Å². The van der Waals surface area contributed by atoms with Crippen LogP contribution in [-0.2, 0) is 25.7 Å². The van der Waals surface area contributed by atoms with Gasteiger partial charge in [0.25, 0.3) is 0 Å². The first-order valence-corrected chi connectivity index (χ1v) is 14.1. The molecule has 206 valence electrons. The maximum absolute atomic E-state index is 11.1. The van der Waals surface area contributed by atoms with E-state index in [0.29, 0.717) is 31.4 Å². The van der Waals surface area contributed by atoms with Crippen LogP contribution in [0.2, 0.25) is 0 Å². The average Bonchev–Trinajstić information content (AvgIpc) is 2.90. The Kier molecular flexibility index (Phi) is 8.96. The molecule has 0 amide bonds. The molecule has 0 radical (unpaired) electrons.